The Morgan fingerprint density at radius 2 is 1.56 bits per heavy atom. The van der Waals surface area contributed by atoms with E-state index in [1.807, 2.05) is 19.1 Å². The third-order valence-electron chi connectivity index (χ3n) is 5.22. The Morgan fingerprint density at radius 1 is 0.920 bits per heavy atom. The molecular weight excluding hydrogens is 312 g/mol. The molecule has 2 rings (SSSR count). The minimum absolute atomic E-state index is 0.257. The fourth-order valence-corrected chi connectivity index (χ4v) is 3.74. The van der Waals surface area contributed by atoms with Crippen molar-refractivity contribution in [3.8, 4) is 5.75 Å². The van der Waals surface area contributed by atoms with E-state index in [1.165, 1.54) is 44.9 Å². The Kier molecular flexibility index (Phi) is 8.85. The minimum Gasteiger partial charge on any atom is -0.494 e. The van der Waals surface area contributed by atoms with Gasteiger partial charge in [-0.2, -0.15) is 0 Å². The predicted molar refractivity (Wildman–Crippen MR) is 102 cm³/mol. The van der Waals surface area contributed by atoms with Gasteiger partial charge in [-0.15, -0.1) is 0 Å². The van der Waals surface area contributed by atoms with Crippen molar-refractivity contribution in [1.29, 1.82) is 0 Å². The summed E-state index contributed by atoms with van der Waals surface area (Å²) >= 11 is 0. The van der Waals surface area contributed by atoms with Crippen LogP contribution in [0.1, 0.15) is 82.0 Å². The standard InChI is InChI=1S/C22H34O3/c1-3-6-18-8-10-19(11-9-18)7-5-17-24-21-14-12-20(13-15-21)22(23)25-16-4-2/h12-15,18-19H,3-11,16-17H2,1-2H3/t18-,19-. The van der Waals surface area contributed by atoms with E-state index >= 15 is 0 Å². The molecule has 0 unspecified atom stereocenters. The van der Waals surface area contributed by atoms with Gasteiger partial charge < -0.3 is 9.47 Å². The molecule has 0 bridgehead atoms. The molecule has 140 valence electrons. The van der Waals surface area contributed by atoms with Gasteiger partial charge in [-0.3, -0.25) is 0 Å². The molecule has 25 heavy (non-hydrogen) atoms. The highest BCUT2D eigenvalue weighted by atomic mass is 16.5. The lowest BCUT2D eigenvalue weighted by molar-refractivity contribution is 0.0505. The second-order valence-corrected chi connectivity index (χ2v) is 7.33. The molecule has 0 amide bonds. The molecule has 0 radical (unpaired) electrons. The molecule has 3 heteroatoms. The first-order chi connectivity index (χ1) is 12.2. The molecule has 0 saturated heterocycles. The zero-order valence-electron chi connectivity index (χ0n) is 16.0. The maximum Gasteiger partial charge on any atom is 0.338 e. The lowest BCUT2D eigenvalue weighted by Gasteiger charge is -2.28. The number of carbonyl (C=O) groups excluding carboxylic acids is 1. The van der Waals surface area contributed by atoms with Crippen LogP contribution < -0.4 is 4.74 Å². The van der Waals surface area contributed by atoms with Crippen molar-refractivity contribution in [2.45, 2.75) is 71.6 Å². The van der Waals surface area contributed by atoms with Crippen LogP contribution in [0.5, 0.6) is 5.75 Å². The molecule has 0 aromatic heterocycles. The van der Waals surface area contributed by atoms with Gasteiger partial charge >= 0.3 is 5.97 Å². The largest absolute Gasteiger partial charge is 0.494 e. The second kappa shape index (κ2) is 11.2. The summed E-state index contributed by atoms with van der Waals surface area (Å²) in [7, 11) is 0. The van der Waals surface area contributed by atoms with Crippen molar-refractivity contribution in [2.24, 2.45) is 11.8 Å². The number of hydrogen-bond acceptors (Lipinski definition) is 3. The fourth-order valence-electron chi connectivity index (χ4n) is 3.74. The minimum atomic E-state index is -0.257. The first-order valence-electron chi connectivity index (χ1n) is 10.1. The van der Waals surface area contributed by atoms with E-state index < -0.39 is 0 Å². The molecular formula is C22H34O3. The highest BCUT2D eigenvalue weighted by Crippen LogP contribution is 2.33. The Bertz CT molecular complexity index is 486. The van der Waals surface area contributed by atoms with Crippen molar-refractivity contribution in [1.82, 2.24) is 0 Å². The Morgan fingerprint density at radius 3 is 2.16 bits per heavy atom. The van der Waals surface area contributed by atoms with E-state index in [2.05, 4.69) is 6.92 Å². The van der Waals surface area contributed by atoms with Gasteiger partial charge in [0.15, 0.2) is 0 Å². The van der Waals surface area contributed by atoms with E-state index in [9.17, 15) is 4.79 Å². The summed E-state index contributed by atoms with van der Waals surface area (Å²) in [6.45, 7) is 5.51. The van der Waals surface area contributed by atoms with Gasteiger partial charge in [-0.25, -0.2) is 4.79 Å². The van der Waals surface area contributed by atoms with Crippen LogP contribution in [0.2, 0.25) is 0 Å². The van der Waals surface area contributed by atoms with Gasteiger partial charge in [0, 0.05) is 0 Å². The SMILES string of the molecule is CCCOC(=O)c1ccc(OCCC[C@H]2CC[C@H](CCC)CC2)cc1. The third kappa shape index (κ3) is 7.09. The summed E-state index contributed by atoms with van der Waals surface area (Å²) in [6, 6.07) is 7.28. The molecule has 1 aliphatic carbocycles. The number of rotatable bonds is 10. The summed E-state index contributed by atoms with van der Waals surface area (Å²) in [6.07, 6.45) is 11.6. The number of carbonyl (C=O) groups is 1. The molecule has 0 N–H and O–H groups in total. The van der Waals surface area contributed by atoms with Gasteiger partial charge in [-0.05, 0) is 55.4 Å². The van der Waals surface area contributed by atoms with Gasteiger partial charge in [-0.1, -0.05) is 52.4 Å². The van der Waals surface area contributed by atoms with Crippen molar-refractivity contribution in [3.63, 3.8) is 0 Å². The van der Waals surface area contributed by atoms with Gasteiger partial charge in [0.2, 0.25) is 0 Å². The zero-order chi connectivity index (χ0) is 17.9. The monoisotopic (exact) mass is 346 g/mol. The van der Waals surface area contributed by atoms with E-state index in [0.717, 1.165) is 37.0 Å². The number of esters is 1. The number of benzene rings is 1. The van der Waals surface area contributed by atoms with Crippen LogP contribution >= 0.6 is 0 Å². The van der Waals surface area contributed by atoms with Gasteiger partial charge in [0.1, 0.15) is 5.75 Å². The summed E-state index contributed by atoms with van der Waals surface area (Å²) in [5.74, 6) is 2.46. The average molecular weight is 347 g/mol. The lowest BCUT2D eigenvalue weighted by Crippen LogP contribution is -2.15. The maximum atomic E-state index is 11.8. The van der Waals surface area contributed by atoms with E-state index in [-0.39, 0.29) is 5.97 Å². The Labute approximate surface area is 153 Å². The summed E-state index contributed by atoms with van der Waals surface area (Å²) < 4.78 is 10.9. The topological polar surface area (TPSA) is 35.5 Å². The summed E-state index contributed by atoms with van der Waals surface area (Å²) in [5.41, 5.74) is 0.588. The molecule has 1 saturated carbocycles. The molecule has 3 nitrogen and oxygen atoms in total. The van der Waals surface area contributed by atoms with Crippen LogP contribution in [0, 0.1) is 11.8 Å². The number of ether oxygens (including phenoxy) is 2. The maximum absolute atomic E-state index is 11.8. The highest BCUT2D eigenvalue weighted by Gasteiger charge is 2.20. The lowest BCUT2D eigenvalue weighted by atomic mass is 9.78. The van der Waals surface area contributed by atoms with Crippen LogP contribution in [0.25, 0.3) is 0 Å². The smallest absolute Gasteiger partial charge is 0.338 e. The van der Waals surface area contributed by atoms with Crippen molar-refractivity contribution < 1.29 is 14.3 Å². The predicted octanol–water partition coefficient (Wildman–Crippen LogP) is 6.02. The van der Waals surface area contributed by atoms with Crippen molar-refractivity contribution in [3.05, 3.63) is 29.8 Å². The quantitative estimate of drug-likeness (QED) is 0.384. The van der Waals surface area contributed by atoms with Crippen LogP contribution in [0.15, 0.2) is 24.3 Å². The molecule has 0 aliphatic heterocycles. The molecule has 1 fully saturated rings. The van der Waals surface area contributed by atoms with E-state index in [0.29, 0.717) is 12.2 Å². The first-order valence-corrected chi connectivity index (χ1v) is 10.1. The average Bonchev–Trinajstić information content (AvgIpc) is 2.65. The van der Waals surface area contributed by atoms with Gasteiger partial charge in [0.25, 0.3) is 0 Å². The highest BCUT2D eigenvalue weighted by molar-refractivity contribution is 5.89. The van der Waals surface area contributed by atoms with E-state index in [4.69, 9.17) is 9.47 Å². The van der Waals surface area contributed by atoms with Crippen LogP contribution in [-0.4, -0.2) is 19.2 Å². The van der Waals surface area contributed by atoms with Crippen LogP contribution in [0.4, 0.5) is 0 Å². The van der Waals surface area contributed by atoms with Crippen LogP contribution in [0.3, 0.4) is 0 Å². The van der Waals surface area contributed by atoms with Crippen molar-refractivity contribution >= 4 is 5.97 Å². The first kappa shape index (κ1) is 19.8. The molecule has 1 aromatic carbocycles. The molecule has 0 atom stereocenters. The second-order valence-electron chi connectivity index (χ2n) is 7.33. The number of hydrogen-bond donors (Lipinski definition) is 0. The van der Waals surface area contributed by atoms with E-state index in [1.54, 1.807) is 12.1 Å². The van der Waals surface area contributed by atoms with Crippen LogP contribution in [-0.2, 0) is 4.74 Å². The Hall–Kier alpha value is -1.51. The molecule has 0 heterocycles. The molecule has 0 spiro atoms. The fraction of sp³-hybridized carbons (Fsp3) is 0.682. The summed E-state index contributed by atoms with van der Waals surface area (Å²) in [5, 5.41) is 0. The normalized spacial score (nSPS) is 20.2. The molecule has 1 aromatic rings. The third-order valence-corrected chi connectivity index (χ3v) is 5.22. The van der Waals surface area contributed by atoms with Crippen molar-refractivity contribution in [2.75, 3.05) is 13.2 Å². The molecule has 1 aliphatic rings. The van der Waals surface area contributed by atoms with Gasteiger partial charge in [0.05, 0.1) is 18.8 Å². The summed E-state index contributed by atoms with van der Waals surface area (Å²) in [4.78, 5) is 11.8. The Balaban J connectivity index is 1.61. The zero-order valence-corrected chi connectivity index (χ0v) is 16.0.